The Kier molecular flexibility index (Phi) is 6.21. The number of ether oxygens (including phenoxy) is 1. The molecule has 8 heteroatoms. The quantitative estimate of drug-likeness (QED) is 0.478. The zero-order valence-electron chi connectivity index (χ0n) is 12.9. The molecule has 0 saturated heterocycles. The molecule has 0 amide bonds. The van der Waals surface area contributed by atoms with E-state index in [1.165, 1.54) is 18.5 Å². The number of halogens is 2. The molecule has 0 radical (unpaired) electrons. The fourth-order valence-corrected chi connectivity index (χ4v) is 2.32. The van der Waals surface area contributed by atoms with Gasteiger partial charge in [0.2, 0.25) is 0 Å². The molecule has 0 aliphatic rings. The summed E-state index contributed by atoms with van der Waals surface area (Å²) in [4.78, 5) is 8.17. The Balaban J connectivity index is 2.06. The van der Waals surface area contributed by atoms with Crippen LogP contribution < -0.4 is 21.1 Å². The van der Waals surface area contributed by atoms with Crippen LogP contribution in [0.15, 0.2) is 52.4 Å². The van der Waals surface area contributed by atoms with Gasteiger partial charge in [0.15, 0.2) is 0 Å². The Hall–Kier alpha value is -2.53. The van der Waals surface area contributed by atoms with E-state index in [2.05, 4.69) is 29.3 Å². The number of nitrogens with two attached hydrogens (primary N) is 1. The summed E-state index contributed by atoms with van der Waals surface area (Å²) >= 11 is 0. The van der Waals surface area contributed by atoms with E-state index in [1.807, 2.05) is 25.2 Å². The minimum atomic E-state index is -2.85. The lowest BCUT2D eigenvalue weighted by atomic mass is 10.2. The monoisotopic (exact) mass is 350 g/mol. The summed E-state index contributed by atoms with van der Waals surface area (Å²) in [5, 5.41) is 4.03. The van der Waals surface area contributed by atoms with Crippen molar-refractivity contribution in [3.8, 4) is 5.75 Å². The van der Waals surface area contributed by atoms with Gasteiger partial charge in [-0.1, -0.05) is 0 Å². The van der Waals surface area contributed by atoms with E-state index in [4.69, 9.17) is 5.73 Å². The molecule has 2 rings (SSSR count). The summed E-state index contributed by atoms with van der Waals surface area (Å²) < 4.78 is 28.4. The van der Waals surface area contributed by atoms with Gasteiger partial charge in [0.25, 0.3) is 0 Å². The van der Waals surface area contributed by atoms with Gasteiger partial charge in [0.05, 0.1) is 5.69 Å². The highest BCUT2D eigenvalue weighted by Gasteiger charge is 2.03. The number of hydrogen-bond acceptors (Lipinski definition) is 3. The maximum Gasteiger partial charge on any atom is 0.387 e. The Bertz CT molecular complexity index is 748. The van der Waals surface area contributed by atoms with E-state index < -0.39 is 6.61 Å². The van der Waals surface area contributed by atoms with Gasteiger partial charge in [-0.05, 0) is 47.8 Å². The summed E-state index contributed by atoms with van der Waals surface area (Å²) in [5.74, 6) is 0.396. The van der Waals surface area contributed by atoms with Crippen molar-refractivity contribution < 1.29 is 13.5 Å². The van der Waals surface area contributed by atoms with Gasteiger partial charge >= 0.3 is 6.61 Å². The van der Waals surface area contributed by atoms with Crippen molar-refractivity contribution >= 4 is 38.1 Å². The second-order valence-corrected chi connectivity index (χ2v) is 5.31. The molecule has 0 spiro atoms. The first-order valence-electron chi connectivity index (χ1n) is 6.98. The maximum atomic E-state index is 12.1. The third-order valence-electron chi connectivity index (χ3n) is 3.08. The van der Waals surface area contributed by atoms with E-state index >= 15 is 0 Å². The molecular formula is C16H17F2N4OP. The predicted molar refractivity (Wildman–Crippen MR) is 97.3 cm³/mol. The normalized spacial score (nSPS) is 12.0. The number of benzene rings is 2. The lowest BCUT2D eigenvalue weighted by molar-refractivity contribution is -0.0498. The Morgan fingerprint density at radius 3 is 2.54 bits per heavy atom. The molecule has 1 unspecified atom stereocenters. The number of amidine groups is 1. The van der Waals surface area contributed by atoms with Gasteiger partial charge in [0, 0.05) is 18.3 Å². The first-order chi connectivity index (χ1) is 11.5. The molecule has 0 heterocycles. The average molecular weight is 350 g/mol. The largest absolute Gasteiger partial charge is 0.435 e. The molecule has 24 heavy (non-hydrogen) atoms. The number of nitrogens with zero attached hydrogens (tertiary/aromatic N) is 2. The third-order valence-corrected chi connectivity index (χ3v) is 3.56. The topological polar surface area (TPSA) is 72.0 Å². The van der Waals surface area contributed by atoms with Gasteiger partial charge in [-0.3, -0.25) is 0 Å². The van der Waals surface area contributed by atoms with Crippen LogP contribution in [0.25, 0.3) is 0 Å². The highest BCUT2D eigenvalue weighted by Crippen LogP contribution is 2.19. The van der Waals surface area contributed by atoms with E-state index in [-0.39, 0.29) is 5.75 Å². The summed E-state index contributed by atoms with van der Waals surface area (Å²) in [7, 11) is 4.46. The highest BCUT2D eigenvalue weighted by molar-refractivity contribution is 7.28. The van der Waals surface area contributed by atoms with E-state index in [0.717, 1.165) is 16.6 Å². The van der Waals surface area contributed by atoms with Crippen molar-refractivity contribution in [3.05, 3.63) is 48.0 Å². The highest BCUT2D eigenvalue weighted by atomic mass is 31.0. The standard InChI is InChI=1S/C16H17F2N4OP/c1-20-13-7-2-10(8-14(13)24)15(19)22-9-21-11-3-5-12(6-4-11)23-16(17)18/h2-9,16,20H,24H2,1H3,(H2,19,21,22). The molecular weight excluding hydrogens is 333 g/mol. The van der Waals surface area contributed by atoms with Crippen molar-refractivity contribution in [1.29, 1.82) is 0 Å². The smallest absolute Gasteiger partial charge is 0.387 e. The molecule has 1 atom stereocenters. The van der Waals surface area contributed by atoms with Crippen LogP contribution in [0.1, 0.15) is 5.56 Å². The molecule has 0 aliphatic heterocycles. The number of anilines is 1. The van der Waals surface area contributed by atoms with Crippen LogP contribution in [0.5, 0.6) is 5.75 Å². The minimum absolute atomic E-state index is 0.0737. The van der Waals surface area contributed by atoms with Crippen LogP contribution in [-0.2, 0) is 0 Å². The van der Waals surface area contributed by atoms with Crippen molar-refractivity contribution in [2.45, 2.75) is 6.61 Å². The SMILES string of the molecule is CNc1ccc(C(N)=NC=Nc2ccc(OC(F)F)cc2)cc1P. The summed E-state index contributed by atoms with van der Waals surface area (Å²) in [6, 6.07) is 11.5. The zero-order chi connectivity index (χ0) is 17.5. The fraction of sp³-hybridized carbons (Fsp3) is 0.125. The Morgan fingerprint density at radius 1 is 1.25 bits per heavy atom. The number of nitrogens with one attached hydrogen (secondary N) is 1. The second-order valence-electron chi connectivity index (χ2n) is 4.68. The van der Waals surface area contributed by atoms with Crippen LogP contribution in [0, 0.1) is 0 Å². The Morgan fingerprint density at radius 2 is 1.96 bits per heavy atom. The molecule has 126 valence electrons. The van der Waals surface area contributed by atoms with Crippen LogP contribution in [0.3, 0.4) is 0 Å². The first-order valence-corrected chi connectivity index (χ1v) is 7.55. The van der Waals surface area contributed by atoms with Crippen LogP contribution in [0.4, 0.5) is 20.2 Å². The minimum Gasteiger partial charge on any atom is -0.435 e. The third kappa shape index (κ3) is 4.99. The number of alkyl halides is 2. The number of rotatable bonds is 6. The molecule has 3 N–H and O–H groups in total. The number of hydrogen-bond donors (Lipinski definition) is 2. The van der Waals surface area contributed by atoms with E-state index in [0.29, 0.717) is 11.5 Å². The summed E-state index contributed by atoms with van der Waals surface area (Å²) in [6.45, 7) is -2.85. The van der Waals surface area contributed by atoms with Crippen molar-refractivity contribution in [1.82, 2.24) is 0 Å². The average Bonchev–Trinajstić information content (AvgIpc) is 2.55. The molecule has 0 fully saturated rings. The maximum absolute atomic E-state index is 12.1. The van der Waals surface area contributed by atoms with Crippen molar-refractivity contribution in [2.75, 3.05) is 12.4 Å². The summed E-state index contributed by atoms with van der Waals surface area (Å²) in [5.41, 5.74) is 8.22. The van der Waals surface area contributed by atoms with Gasteiger partial charge in [-0.25, -0.2) is 9.98 Å². The van der Waals surface area contributed by atoms with E-state index in [1.54, 1.807) is 12.1 Å². The first kappa shape index (κ1) is 17.8. The second kappa shape index (κ2) is 8.36. The lowest BCUT2D eigenvalue weighted by Crippen LogP contribution is -2.15. The molecule has 0 aromatic heterocycles. The van der Waals surface area contributed by atoms with Crippen LogP contribution in [-0.4, -0.2) is 25.8 Å². The molecule has 5 nitrogen and oxygen atoms in total. The predicted octanol–water partition coefficient (Wildman–Crippen LogP) is 2.90. The molecule has 2 aromatic carbocycles. The van der Waals surface area contributed by atoms with Crippen molar-refractivity contribution in [2.24, 2.45) is 15.7 Å². The fourth-order valence-electron chi connectivity index (χ4n) is 1.90. The zero-order valence-corrected chi connectivity index (χ0v) is 14.1. The van der Waals surface area contributed by atoms with Crippen LogP contribution >= 0.6 is 9.24 Å². The van der Waals surface area contributed by atoms with Gasteiger partial charge in [-0.15, -0.1) is 9.24 Å². The molecule has 0 saturated carbocycles. The molecule has 0 bridgehead atoms. The molecule has 2 aromatic rings. The van der Waals surface area contributed by atoms with Crippen LogP contribution in [0.2, 0.25) is 0 Å². The lowest BCUT2D eigenvalue weighted by Gasteiger charge is -2.06. The van der Waals surface area contributed by atoms with E-state index in [9.17, 15) is 8.78 Å². The molecule has 0 aliphatic carbocycles. The van der Waals surface area contributed by atoms with Gasteiger partial charge in [-0.2, -0.15) is 8.78 Å². The Labute approximate surface area is 140 Å². The number of aliphatic imine (C=N–C) groups is 2. The van der Waals surface area contributed by atoms with Crippen molar-refractivity contribution in [3.63, 3.8) is 0 Å². The summed E-state index contributed by atoms with van der Waals surface area (Å²) in [6.07, 6.45) is 1.31. The van der Waals surface area contributed by atoms with Gasteiger partial charge in [0.1, 0.15) is 17.9 Å². The van der Waals surface area contributed by atoms with Gasteiger partial charge < -0.3 is 15.8 Å².